The Labute approximate surface area is 166 Å². The lowest BCUT2D eigenvalue weighted by molar-refractivity contribution is 0.511. The monoisotopic (exact) mass is 454 g/mol. The molecule has 0 bridgehead atoms. The number of halogens is 1. The Hall–Kier alpha value is -1.70. The Morgan fingerprint density at radius 3 is 2.76 bits per heavy atom. The van der Waals surface area contributed by atoms with Gasteiger partial charge >= 0.3 is 0 Å². The zero-order valence-electron chi connectivity index (χ0n) is 14.9. The van der Waals surface area contributed by atoms with Crippen LogP contribution < -0.4 is 15.5 Å². The van der Waals surface area contributed by atoms with Crippen molar-refractivity contribution in [3.63, 3.8) is 0 Å². The molecule has 5 nitrogen and oxygen atoms in total. The molecule has 6 heteroatoms. The van der Waals surface area contributed by atoms with Gasteiger partial charge in [0.2, 0.25) is 0 Å². The van der Waals surface area contributed by atoms with Crippen LogP contribution in [0.15, 0.2) is 52.1 Å². The lowest BCUT2D eigenvalue weighted by atomic mass is 10.2. The smallest absolute Gasteiger partial charge is 0.191 e. The van der Waals surface area contributed by atoms with Gasteiger partial charge in [0.1, 0.15) is 12.3 Å². The average molecular weight is 454 g/mol. The van der Waals surface area contributed by atoms with Crippen LogP contribution in [0.5, 0.6) is 0 Å². The van der Waals surface area contributed by atoms with Crippen LogP contribution in [0, 0.1) is 6.92 Å². The van der Waals surface area contributed by atoms with E-state index in [9.17, 15) is 0 Å². The van der Waals surface area contributed by atoms with E-state index in [2.05, 4.69) is 58.6 Å². The summed E-state index contributed by atoms with van der Waals surface area (Å²) in [5.74, 6) is 1.73. The van der Waals surface area contributed by atoms with E-state index in [1.807, 2.05) is 12.1 Å². The van der Waals surface area contributed by atoms with E-state index in [1.165, 1.54) is 11.3 Å². The fourth-order valence-electron chi connectivity index (χ4n) is 2.94. The molecule has 1 saturated heterocycles. The first-order valence-corrected chi connectivity index (χ1v) is 8.63. The molecule has 1 aliphatic rings. The highest BCUT2D eigenvalue weighted by molar-refractivity contribution is 14.0. The summed E-state index contributed by atoms with van der Waals surface area (Å²) < 4.78 is 5.35. The second kappa shape index (κ2) is 9.70. The maximum atomic E-state index is 5.35. The van der Waals surface area contributed by atoms with E-state index in [0.29, 0.717) is 12.6 Å². The topological polar surface area (TPSA) is 52.8 Å². The van der Waals surface area contributed by atoms with Gasteiger partial charge in [-0.3, -0.25) is 0 Å². The van der Waals surface area contributed by atoms with Crippen LogP contribution in [0.4, 0.5) is 5.69 Å². The average Bonchev–Trinajstić information content (AvgIpc) is 3.25. The predicted octanol–water partition coefficient (Wildman–Crippen LogP) is 3.54. The van der Waals surface area contributed by atoms with Gasteiger partial charge in [-0.2, -0.15) is 0 Å². The van der Waals surface area contributed by atoms with E-state index >= 15 is 0 Å². The quantitative estimate of drug-likeness (QED) is 0.413. The molecule has 2 heterocycles. The van der Waals surface area contributed by atoms with E-state index < -0.39 is 0 Å². The molecule has 1 atom stereocenters. The molecular weight excluding hydrogens is 427 g/mol. The Kier molecular flexibility index (Phi) is 7.61. The Balaban J connectivity index is 0.00000225. The minimum absolute atomic E-state index is 0. The fourth-order valence-corrected chi connectivity index (χ4v) is 2.94. The van der Waals surface area contributed by atoms with Gasteiger partial charge in [0, 0.05) is 31.4 Å². The fraction of sp³-hybridized carbons (Fsp3) is 0.421. The van der Waals surface area contributed by atoms with Crippen LogP contribution >= 0.6 is 24.0 Å². The number of anilines is 1. The van der Waals surface area contributed by atoms with Crippen molar-refractivity contribution in [2.45, 2.75) is 32.9 Å². The number of rotatable bonds is 5. The third-order valence-electron chi connectivity index (χ3n) is 4.25. The molecule has 1 aromatic carbocycles. The summed E-state index contributed by atoms with van der Waals surface area (Å²) in [6.45, 7) is 7.66. The lowest BCUT2D eigenvalue weighted by Gasteiger charge is -2.20. The van der Waals surface area contributed by atoms with E-state index in [-0.39, 0.29) is 24.0 Å². The molecule has 0 saturated carbocycles. The van der Waals surface area contributed by atoms with Gasteiger partial charge < -0.3 is 20.0 Å². The number of nitrogens with zero attached hydrogens (tertiary/aromatic N) is 2. The molecule has 1 fully saturated rings. The van der Waals surface area contributed by atoms with Crippen molar-refractivity contribution in [3.05, 3.63) is 54.0 Å². The predicted molar refractivity (Wildman–Crippen MR) is 114 cm³/mol. The molecule has 25 heavy (non-hydrogen) atoms. The summed E-state index contributed by atoms with van der Waals surface area (Å²) in [5.41, 5.74) is 2.59. The maximum Gasteiger partial charge on any atom is 0.191 e. The summed E-state index contributed by atoms with van der Waals surface area (Å²) in [5, 5.41) is 6.86. The normalized spacial score (nSPS) is 17.3. The Bertz CT molecular complexity index is 655. The van der Waals surface area contributed by atoms with Gasteiger partial charge in [-0.1, -0.05) is 17.7 Å². The van der Waals surface area contributed by atoms with E-state index in [4.69, 9.17) is 4.42 Å². The number of benzene rings is 1. The third-order valence-corrected chi connectivity index (χ3v) is 4.25. The number of aliphatic imine (C=N–C) groups is 1. The summed E-state index contributed by atoms with van der Waals surface area (Å²) in [7, 11) is 0. The zero-order chi connectivity index (χ0) is 16.8. The minimum Gasteiger partial charge on any atom is -0.467 e. The highest BCUT2D eigenvalue weighted by Gasteiger charge is 2.23. The van der Waals surface area contributed by atoms with Crippen molar-refractivity contribution in [1.29, 1.82) is 0 Å². The second-order valence-corrected chi connectivity index (χ2v) is 6.19. The Morgan fingerprint density at radius 2 is 2.08 bits per heavy atom. The SMILES string of the molecule is CCNC(=NCc1ccco1)NC1CCN(c2ccc(C)cc2)C1.I. The van der Waals surface area contributed by atoms with Crippen molar-refractivity contribution < 1.29 is 4.42 Å². The van der Waals surface area contributed by atoms with Crippen molar-refractivity contribution >= 4 is 35.6 Å². The van der Waals surface area contributed by atoms with Crippen LogP contribution in [0.3, 0.4) is 0 Å². The van der Waals surface area contributed by atoms with Crippen LogP contribution in [-0.4, -0.2) is 31.6 Å². The highest BCUT2D eigenvalue weighted by atomic mass is 127. The molecule has 2 aromatic rings. The molecule has 0 aliphatic carbocycles. The summed E-state index contributed by atoms with van der Waals surface area (Å²) in [6, 6.07) is 13.0. The number of guanidine groups is 1. The number of furan rings is 1. The summed E-state index contributed by atoms with van der Waals surface area (Å²) in [4.78, 5) is 7.03. The molecule has 0 spiro atoms. The molecule has 1 aliphatic heterocycles. The molecule has 136 valence electrons. The van der Waals surface area contributed by atoms with Crippen molar-refractivity contribution in [2.24, 2.45) is 4.99 Å². The molecule has 3 rings (SSSR count). The van der Waals surface area contributed by atoms with Gasteiger partial charge in [0.05, 0.1) is 6.26 Å². The largest absolute Gasteiger partial charge is 0.467 e. The number of aryl methyl sites for hydroxylation is 1. The second-order valence-electron chi connectivity index (χ2n) is 6.19. The third kappa shape index (κ3) is 5.66. The van der Waals surface area contributed by atoms with Gasteiger partial charge in [0.15, 0.2) is 5.96 Å². The van der Waals surface area contributed by atoms with Crippen molar-refractivity contribution in [3.8, 4) is 0 Å². The minimum atomic E-state index is 0. The number of hydrogen-bond acceptors (Lipinski definition) is 3. The standard InChI is InChI=1S/C19H26N4O.HI/c1-3-20-19(21-13-18-5-4-12-24-18)22-16-10-11-23(14-16)17-8-6-15(2)7-9-17;/h4-9,12,16H,3,10-11,13-14H2,1-2H3,(H2,20,21,22);1H. The molecule has 0 amide bonds. The summed E-state index contributed by atoms with van der Waals surface area (Å²) >= 11 is 0. The van der Waals surface area contributed by atoms with Gasteiger partial charge in [-0.25, -0.2) is 4.99 Å². The van der Waals surface area contributed by atoms with Gasteiger partial charge in [-0.05, 0) is 44.5 Å². The molecule has 1 unspecified atom stereocenters. The number of hydrogen-bond donors (Lipinski definition) is 2. The van der Waals surface area contributed by atoms with Crippen LogP contribution in [0.2, 0.25) is 0 Å². The van der Waals surface area contributed by atoms with Crippen LogP contribution in [-0.2, 0) is 6.54 Å². The molecule has 1 aromatic heterocycles. The Morgan fingerprint density at radius 1 is 1.28 bits per heavy atom. The van der Waals surface area contributed by atoms with Gasteiger partial charge in [-0.15, -0.1) is 24.0 Å². The molecule has 2 N–H and O–H groups in total. The zero-order valence-corrected chi connectivity index (χ0v) is 17.2. The lowest BCUT2D eigenvalue weighted by Crippen LogP contribution is -2.44. The molecular formula is C19H27IN4O. The van der Waals surface area contributed by atoms with Gasteiger partial charge in [0.25, 0.3) is 0 Å². The first-order chi connectivity index (χ1) is 11.7. The highest BCUT2D eigenvalue weighted by Crippen LogP contribution is 2.20. The summed E-state index contributed by atoms with van der Waals surface area (Å²) in [6.07, 6.45) is 2.79. The van der Waals surface area contributed by atoms with Crippen LogP contribution in [0.1, 0.15) is 24.7 Å². The van der Waals surface area contributed by atoms with E-state index in [0.717, 1.165) is 37.8 Å². The number of nitrogens with one attached hydrogen (secondary N) is 2. The first kappa shape index (κ1) is 19.6. The first-order valence-electron chi connectivity index (χ1n) is 8.63. The van der Waals surface area contributed by atoms with Crippen LogP contribution in [0.25, 0.3) is 0 Å². The van der Waals surface area contributed by atoms with Crippen molar-refractivity contribution in [1.82, 2.24) is 10.6 Å². The van der Waals surface area contributed by atoms with Crippen molar-refractivity contribution in [2.75, 3.05) is 24.5 Å². The maximum absolute atomic E-state index is 5.35. The molecule has 0 radical (unpaired) electrons. The van der Waals surface area contributed by atoms with E-state index in [1.54, 1.807) is 6.26 Å².